The summed E-state index contributed by atoms with van der Waals surface area (Å²) in [5.41, 5.74) is -5.19. The van der Waals surface area contributed by atoms with Crippen molar-refractivity contribution < 1.29 is 58.5 Å². The van der Waals surface area contributed by atoms with Gasteiger partial charge in [0.15, 0.2) is 11.6 Å². The molecule has 0 aliphatic heterocycles. The number of benzene rings is 4. The standard InChI is InChI=1S/C30H19F10NO3/c31-20-11-19(12-21(14-20)44-30(39,40)27(34)35)28(15-16-4-2-1-3-5-16,18-7-9-24(33)25(42)13-18)41-26(43)17-6-8-23(32)22(10-17)29(36,37)38/h1-14,27,42H,15H2,(H,41,43)/t28-/m1/s1. The minimum Gasteiger partial charge on any atom is -0.505 e. The highest BCUT2D eigenvalue weighted by Gasteiger charge is 2.45. The van der Waals surface area contributed by atoms with Crippen molar-refractivity contribution >= 4 is 5.91 Å². The van der Waals surface area contributed by atoms with E-state index in [9.17, 15) is 53.8 Å². The van der Waals surface area contributed by atoms with Crippen molar-refractivity contribution in [2.75, 3.05) is 0 Å². The van der Waals surface area contributed by atoms with E-state index in [1.54, 1.807) is 6.07 Å². The van der Waals surface area contributed by atoms with Crippen LogP contribution >= 0.6 is 0 Å². The summed E-state index contributed by atoms with van der Waals surface area (Å²) in [6.45, 7) is 0. The first-order chi connectivity index (χ1) is 20.5. The van der Waals surface area contributed by atoms with Gasteiger partial charge in [0.1, 0.15) is 17.4 Å². The van der Waals surface area contributed by atoms with Crippen LogP contribution in [0.15, 0.2) is 84.9 Å². The highest BCUT2D eigenvalue weighted by Crippen LogP contribution is 2.40. The molecule has 232 valence electrons. The van der Waals surface area contributed by atoms with Gasteiger partial charge in [-0.2, -0.15) is 30.7 Å². The van der Waals surface area contributed by atoms with Gasteiger partial charge in [-0.25, -0.2) is 13.2 Å². The molecule has 0 radical (unpaired) electrons. The molecule has 4 nitrogen and oxygen atoms in total. The van der Waals surface area contributed by atoms with Crippen LogP contribution in [0.2, 0.25) is 0 Å². The van der Waals surface area contributed by atoms with E-state index in [0.717, 1.165) is 18.2 Å². The summed E-state index contributed by atoms with van der Waals surface area (Å²) in [4.78, 5) is 13.5. The van der Waals surface area contributed by atoms with Crippen LogP contribution < -0.4 is 10.1 Å². The summed E-state index contributed by atoms with van der Waals surface area (Å²) < 4.78 is 141. The Labute approximate surface area is 242 Å². The number of hydrogen-bond acceptors (Lipinski definition) is 3. The van der Waals surface area contributed by atoms with Crippen molar-refractivity contribution in [3.63, 3.8) is 0 Å². The fourth-order valence-electron chi connectivity index (χ4n) is 4.46. The number of nitrogens with one attached hydrogen (secondary N) is 1. The molecule has 0 spiro atoms. The van der Waals surface area contributed by atoms with Crippen molar-refractivity contribution in [3.05, 3.63) is 130 Å². The van der Waals surface area contributed by atoms with Crippen LogP contribution in [0.25, 0.3) is 0 Å². The van der Waals surface area contributed by atoms with Gasteiger partial charge < -0.3 is 15.2 Å². The molecule has 0 saturated heterocycles. The first-order valence-corrected chi connectivity index (χ1v) is 12.4. The van der Waals surface area contributed by atoms with Crippen LogP contribution in [0, 0.1) is 17.5 Å². The maximum atomic E-state index is 14.9. The molecule has 0 aromatic heterocycles. The number of ether oxygens (including phenoxy) is 1. The van der Waals surface area contributed by atoms with Crippen molar-refractivity contribution in [1.29, 1.82) is 0 Å². The third-order valence-electron chi connectivity index (χ3n) is 6.48. The number of carbonyl (C=O) groups is 1. The molecule has 1 atom stereocenters. The second kappa shape index (κ2) is 12.1. The number of halogens is 10. The Kier molecular flexibility index (Phi) is 8.84. The van der Waals surface area contributed by atoms with Gasteiger partial charge in [0.2, 0.25) is 0 Å². The van der Waals surface area contributed by atoms with Crippen molar-refractivity contribution in [2.45, 2.75) is 30.7 Å². The number of aromatic hydroxyl groups is 1. The second-order valence-corrected chi connectivity index (χ2v) is 9.52. The molecule has 0 fully saturated rings. The van der Waals surface area contributed by atoms with E-state index in [1.807, 2.05) is 0 Å². The number of amides is 1. The van der Waals surface area contributed by atoms with Crippen LogP contribution in [-0.2, 0) is 18.1 Å². The molecule has 1 amide bonds. The molecular formula is C30H19F10NO3. The Bertz CT molecular complexity index is 1660. The van der Waals surface area contributed by atoms with Crippen molar-refractivity contribution in [3.8, 4) is 11.5 Å². The Hall–Kier alpha value is -4.75. The van der Waals surface area contributed by atoms with Gasteiger partial charge in [-0.1, -0.05) is 36.4 Å². The van der Waals surface area contributed by atoms with Gasteiger partial charge in [0.25, 0.3) is 5.91 Å². The van der Waals surface area contributed by atoms with Gasteiger partial charge in [-0.15, -0.1) is 0 Å². The number of alkyl halides is 7. The number of hydrogen-bond donors (Lipinski definition) is 2. The minimum atomic E-state index is -5.21. The predicted molar refractivity (Wildman–Crippen MR) is 136 cm³/mol. The fourth-order valence-corrected chi connectivity index (χ4v) is 4.46. The monoisotopic (exact) mass is 631 g/mol. The smallest absolute Gasteiger partial charge is 0.461 e. The lowest BCUT2D eigenvalue weighted by Gasteiger charge is -2.37. The highest BCUT2D eigenvalue weighted by molar-refractivity contribution is 5.95. The van der Waals surface area contributed by atoms with E-state index in [0.29, 0.717) is 35.9 Å². The lowest BCUT2D eigenvalue weighted by atomic mass is 9.77. The van der Waals surface area contributed by atoms with E-state index in [2.05, 4.69) is 10.1 Å². The molecule has 0 aliphatic rings. The maximum absolute atomic E-state index is 14.9. The summed E-state index contributed by atoms with van der Waals surface area (Å²) in [5.74, 6) is -7.64. The van der Waals surface area contributed by atoms with Crippen LogP contribution in [-0.4, -0.2) is 23.5 Å². The SMILES string of the molecule is O=C(N[C@@](Cc1ccccc1)(c1cc(F)cc(OC(F)(F)C(F)F)c1)c1ccc(F)c(O)c1)c1ccc(F)c(C(F)(F)F)c1. The average Bonchev–Trinajstić information content (AvgIpc) is 2.93. The number of phenolic OH excluding ortho intramolecular Hbond substituents is 1. The van der Waals surface area contributed by atoms with E-state index in [-0.39, 0.29) is 11.6 Å². The Morgan fingerprint density at radius 2 is 1.45 bits per heavy atom. The molecule has 0 unspecified atom stereocenters. The zero-order valence-corrected chi connectivity index (χ0v) is 21.9. The zero-order valence-electron chi connectivity index (χ0n) is 21.9. The summed E-state index contributed by atoms with van der Waals surface area (Å²) in [7, 11) is 0. The number of carbonyl (C=O) groups excluding carboxylic acids is 1. The lowest BCUT2D eigenvalue weighted by molar-refractivity contribution is -0.253. The summed E-state index contributed by atoms with van der Waals surface area (Å²) in [6.07, 6.45) is -15.1. The van der Waals surface area contributed by atoms with E-state index < -0.39 is 82.2 Å². The fraction of sp³-hybridized carbons (Fsp3) is 0.167. The minimum absolute atomic E-state index is 0.198. The first kappa shape index (κ1) is 32.2. The van der Waals surface area contributed by atoms with Crippen LogP contribution in [0.5, 0.6) is 11.5 Å². The molecule has 0 bridgehead atoms. The third kappa shape index (κ3) is 6.90. The molecule has 0 heterocycles. The van der Waals surface area contributed by atoms with Gasteiger partial charge in [0, 0.05) is 18.1 Å². The van der Waals surface area contributed by atoms with Crippen LogP contribution in [0.1, 0.15) is 32.6 Å². The average molecular weight is 631 g/mol. The second-order valence-electron chi connectivity index (χ2n) is 9.52. The van der Waals surface area contributed by atoms with E-state index >= 15 is 0 Å². The molecule has 44 heavy (non-hydrogen) atoms. The van der Waals surface area contributed by atoms with Crippen molar-refractivity contribution in [1.82, 2.24) is 5.32 Å². The third-order valence-corrected chi connectivity index (χ3v) is 6.48. The Morgan fingerprint density at radius 3 is 2.07 bits per heavy atom. The summed E-state index contributed by atoms with van der Waals surface area (Å²) in [5, 5.41) is 12.6. The quantitative estimate of drug-likeness (QED) is 0.184. The largest absolute Gasteiger partial charge is 0.505 e. The number of phenols is 1. The lowest BCUT2D eigenvalue weighted by Crippen LogP contribution is -2.49. The number of rotatable bonds is 9. The van der Waals surface area contributed by atoms with Crippen LogP contribution in [0.4, 0.5) is 43.9 Å². The molecule has 0 saturated carbocycles. The Morgan fingerprint density at radius 1 is 0.795 bits per heavy atom. The van der Waals surface area contributed by atoms with Gasteiger partial charge in [-0.3, -0.25) is 4.79 Å². The van der Waals surface area contributed by atoms with E-state index in [1.165, 1.54) is 24.3 Å². The predicted octanol–water partition coefficient (Wildman–Crippen LogP) is 7.98. The Balaban J connectivity index is 1.99. The molecule has 14 heteroatoms. The molecule has 0 aliphatic carbocycles. The molecule has 2 N–H and O–H groups in total. The zero-order chi connectivity index (χ0) is 32.4. The van der Waals surface area contributed by atoms with Gasteiger partial charge in [-0.05, 0) is 59.2 Å². The topological polar surface area (TPSA) is 58.6 Å². The highest BCUT2D eigenvalue weighted by atomic mass is 19.4. The normalized spacial score (nSPS) is 13.4. The molecule has 4 rings (SSSR count). The molecule has 4 aromatic rings. The first-order valence-electron chi connectivity index (χ1n) is 12.4. The van der Waals surface area contributed by atoms with Gasteiger partial charge >= 0.3 is 18.7 Å². The summed E-state index contributed by atoms with van der Waals surface area (Å²) >= 11 is 0. The van der Waals surface area contributed by atoms with Gasteiger partial charge in [0.05, 0.1) is 11.1 Å². The molecular weight excluding hydrogens is 612 g/mol. The molecule has 4 aromatic carbocycles. The van der Waals surface area contributed by atoms with Crippen molar-refractivity contribution in [2.24, 2.45) is 0 Å². The summed E-state index contributed by atoms with van der Waals surface area (Å²) in [6, 6.07) is 13.1. The van der Waals surface area contributed by atoms with Crippen LogP contribution in [0.3, 0.4) is 0 Å². The maximum Gasteiger partial charge on any atom is 0.461 e. The van der Waals surface area contributed by atoms with E-state index in [4.69, 9.17) is 0 Å².